The number of likely N-dealkylation sites (tertiary alicyclic amines) is 1. The first-order valence-corrected chi connectivity index (χ1v) is 9.21. The topological polar surface area (TPSA) is 21.7 Å². The van der Waals surface area contributed by atoms with Crippen molar-refractivity contribution in [2.45, 2.75) is 70.5 Å². The molecule has 0 radical (unpaired) electrons. The van der Waals surface area contributed by atoms with Gasteiger partial charge in [-0.2, -0.15) is 26.3 Å². The molecule has 1 saturated carbocycles. The second kappa shape index (κ2) is 7.37. The van der Waals surface area contributed by atoms with E-state index in [0.717, 1.165) is 19.4 Å². The molecule has 9 heteroatoms. The molecule has 2 fully saturated rings. The molecule has 1 aliphatic carbocycles. The minimum atomic E-state index is -5.51. The van der Waals surface area contributed by atoms with Crippen molar-refractivity contribution < 1.29 is 35.8 Å². The zero-order chi connectivity index (χ0) is 20.7. The Kier molecular flexibility index (Phi) is 6.21. The van der Waals surface area contributed by atoms with Gasteiger partial charge in [0, 0.05) is 18.5 Å². The molecule has 1 saturated heterocycles. The normalized spacial score (nSPS) is 24.4. The van der Waals surface area contributed by atoms with Gasteiger partial charge in [0.2, 0.25) is 0 Å². The van der Waals surface area contributed by atoms with E-state index in [2.05, 4.69) is 9.64 Å². The van der Waals surface area contributed by atoms with E-state index in [1.54, 1.807) is 0 Å². The third-order valence-electron chi connectivity index (χ3n) is 5.39. The number of rotatable bonds is 7. The Morgan fingerprint density at radius 1 is 0.926 bits per heavy atom. The van der Waals surface area contributed by atoms with Crippen LogP contribution in [0.25, 0.3) is 0 Å². The summed E-state index contributed by atoms with van der Waals surface area (Å²) in [7, 11) is 0. The second-order valence-corrected chi connectivity index (χ2v) is 9.13. The van der Waals surface area contributed by atoms with Gasteiger partial charge in [0.05, 0.1) is 18.8 Å². The predicted octanol–water partition coefficient (Wildman–Crippen LogP) is 4.80. The number of hydrogen-bond acceptors (Lipinski definition) is 3. The van der Waals surface area contributed by atoms with Gasteiger partial charge in [0.25, 0.3) is 5.60 Å². The molecule has 0 bridgehead atoms. The van der Waals surface area contributed by atoms with Gasteiger partial charge in [0.15, 0.2) is 0 Å². The third kappa shape index (κ3) is 5.73. The molecular weight excluding hydrogens is 376 g/mol. The average Bonchev–Trinajstić information content (AvgIpc) is 3.10. The Bertz CT molecular complexity index is 493. The quantitative estimate of drug-likeness (QED) is 0.568. The molecule has 27 heavy (non-hydrogen) atoms. The van der Waals surface area contributed by atoms with Crippen molar-refractivity contribution in [3.8, 4) is 0 Å². The summed E-state index contributed by atoms with van der Waals surface area (Å²) in [5.41, 5.74) is -4.31. The van der Waals surface area contributed by atoms with Gasteiger partial charge in [-0.05, 0) is 59.4 Å². The van der Waals surface area contributed by atoms with E-state index in [4.69, 9.17) is 4.74 Å². The standard InChI is InChI=1S/C18H29F6NO2/c1-14(2,3)27-12-16(6-7-16)11-25-8-5-13(9-25)10-26-15(4,17(19,20)21)18(22,23)24/h13H,5-12H2,1-4H3/t13-/m1/s1. The van der Waals surface area contributed by atoms with E-state index in [1.165, 1.54) is 0 Å². The zero-order valence-electron chi connectivity index (χ0n) is 16.3. The molecule has 1 heterocycles. The van der Waals surface area contributed by atoms with Crippen LogP contribution >= 0.6 is 0 Å². The van der Waals surface area contributed by atoms with E-state index in [-0.39, 0.29) is 23.9 Å². The molecule has 2 aliphatic rings. The molecular formula is C18H29F6NO2. The molecule has 1 aliphatic heterocycles. The van der Waals surface area contributed by atoms with Crippen molar-refractivity contribution in [1.82, 2.24) is 4.90 Å². The molecule has 0 spiro atoms. The fraction of sp³-hybridized carbons (Fsp3) is 1.00. The van der Waals surface area contributed by atoms with Crippen LogP contribution < -0.4 is 0 Å². The molecule has 0 amide bonds. The first kappa shape index (κ1) is 22.7. The number of halogens is 6. The van der Waals surface area contributed by atoms with Crippen LogP contribution in [-0.2, 0) is 9.47 Å². The minimum Gasteiger partial charge on any atom is -0.375 e. The Balaban J connectivity index is 1.84. The summed E-state index contributed by atoms with van der Waals surface area (Å²) >= 11 is 0. The van der Waals surface area contributed by atoms with Gasteiger partial charge in [-0.25, -0.2) is 0 Å². The summed E-state index contributed by atoms with van der Waals surface area (Å²) < 4.78 is 87.6. The number of alkyl halides is 6. The first-order chi connectivity index (χ1) is 12.1. The maximum absolute atomic E-state index is 12.9. The van der Waals surface area contributed by atoms with Crippen molar-refractivity contribution in [2.75, 3.05) is 32.8 Å². The Hall–Kier alpha value is -0.540. The highest BCUT2D eigenvalue weighted by atomic mass is 19.4. The number of hydrogen-bond donors (Lipinski definition) is 0. The fourth-order valence-corrected chi connectivity index (χ4v) is 3.17. The van der Waals surface area contributed by atoms with Crippen molar-refractivity contribution in [2.24, 2.45) is 11.3 Å². The van der Waals surface area contributed by atoms with E-state index in [0.29, 0.717) is 26.1 Å². The van der Waals surface area contributed by atoms with E-state index < -0.39 is 24.6 Å². The van der Waals surface area contributed by atoms with Gasteiger partial charge in [-0.3, -0.25) is 0 Å². The van der Waals surface area contributed by atoms with Crippen molar-refractivity contribution >= 4 is 0 Å². The summed E-state index contributed by atoms with van der Waals surface area (Å²) in [6.07, 6.45) is -8.43. The van der Waals surface area contributed by atoms with Crippen molar-refractivity contribution in [3.05, 3.63) is 0 Å². The van der Waals surface area contributed by atoms with Crippen molar-refractivity contribution in [1.29, 1.82) is 0 Å². The molecule has 0 aromatic carbocycles. The summed E-state index contributed by atoms with van der Waals surface area (Å²) in [5, 5.41) is 0. The van der Waals surface area contributed by atoms with E-state index in [9.17, 15) is 26.3 Å². The highest BCUT2D eigenvalue weighted by Crippen LogP contribution is 2.48. The molecule has 0 N–H and O–H groups in total. The maximum atomic E-state index is 12.9. The molecule has 1 atom stereocenters. The van der Waals surface area contributed by atoms with Crippen LogP contribution in [0.15, 0.2) is 0 Å². The number of ether oxygens (including phenoxy) is 2. The zero-order valence-corrected chi connectivity index (χ0v) is 16.3. The van der Waals surface area contributed by atoms with E-state index in [1.807, 2.05) is 20.8 Å². The lowest BCUT2D eigenvalue weighted by atomic mass is 10.0. The summed E-state index contributed by atoms with van der Waals surface area (Å²) in [6, 6.07) is 0. The molecule has 160 valence electrons. The van der Waals surface area contributed by atoms with Crippen LogP contribution in [0.2, 0.25) is 0 Å². The highest BCUT2D eigenvalue weighted by Gasteiger charge is 2.69. The van der Waals surface area contributed by atoms with Gasteiger partial charge >= 0.3 is 12.4 Å². The Morgan fingerprint density at radius 3 is 1.93 bits per heavy atom. The van der Waals surface area contributed by atoms with Crippen molar-refractivity contribution in [3.63, 3.8) is 0 Å². The van der Waals surface area contributed by atoms with Crippen LogP contribution in [0.5, 0.6) is 0 Å². The highest BCUT2D eigenvalue weighted by molar-refractivity contribution is 4.97. The summed E-state index contributed by atoms with van der Waals surface area (Å²) in [4.78, 5) is 2.10. The molecule has 2 rings (SSSR count). The van der Waals surface area contributed by atoms with Crippen LogP contribution in [0.1, 0.15) is 47.0 Å². The monoisotopic (exact) mass is 405 g/mol. The predicted molar refractivity (Wildman–Crippen MR) is 88.4 cm³/mol. The average molecular weight is 405 g/mol. The second-order valence-electron chi connectivity index (χ2n) is 9.13. The van der Waals surface area contributed by atoms with Crippen LogP contribution in [-0.4, -0.2) is 61.3 Å². The maximum Gasteiger partial charge on any atom is 0.426 e. The lowest BCUT2D eigenvalue weighted by molar-refractivity contribution is -0.375. The Morgan fingerprint density at radius 2 is 1.48 bits per heavy atom. The summed E-state index contributed by atoms with van der Waals surface area (Å²) in [5.74, 6) is -0.339. The Labute approximate surface area is 156 Å². The van der Waals surface area contributed by atoms with Gasteiger partial charge in [-0.1, -0.05) is 0 Å². The van der Waals surface area contributed by atoms with E-state index >= 15 is 0 Å². The molecule has 0 aromatic heterocycles. The number of nitrogens with zero attached hydrogens (tertiary/aromatic N) is 1. The minimum absolute atomic E-state index is 0.0583. The van der Waals surface area contributed by atoms with Crippen LogP contribution in [0, 0.1) is 11.3 Å². The fourth-order valence-electron chi connectivity index (χ4n) is 3.17. The first-order valence-electron chi connectivity index (χ1n) is 9.21. The smallest absolute Gasteiger partial charge is 0.375 e. The van der Waals surface area contributed by atoms with Gasteiger partial charge < -0.3 is 14.4 Å². The summed E-state index contributed by atoms with van der Waals surface area (Å²) in [6.45, 7) is 7.91. The molecule has 3 nitrogen and oxygen atoms in total. The molecule has 0 unspecified atom stereocenters. The van der Waals surface area contributed by atoms with Gasteiger partial charge in [0.1, 0.15) is 0 Å². The lowest BCUT2D eigenvalue weighted by Crippen LogP contribution is -2.57. The van der Waals surface area contributed by atoms with Crippen LogP contribution in [0.4, 0.5) is 26.3 Å². The van der Waals surface area contributed by atoms with Crippen LogP contribution in [0.3, 0.4) is 0 Å². The SMILES string of the molecule is CC(C)(C)OCC1(CN2CC[C@@H](COC(C)(C(F)(F)F)C(F)(F)F)C2)CC1. The third-order valence-corrected chi connectivity index (χ3v) is 5.39. The van der Waals surface area contributed by atoms with Gasteiger partial charge in [-0.15, -0.1) is 0 Å². The largest absolute Gasteiger partial charge is 0.426 e. The lowest BCUT2D eigenvalue weighted by Gasteiger charge is -2.34. The molecule has 0 aromatic rings.